The molecule has 0 rings (SSSR count). The first-order chi connectivity index (χ1) is 46.7. The Bertz CT molecular complexity index is 2060. The highest BCUT2D eigenvalue weighted by Gasteiger charge is 2.30. The predicted molar refractivity (Wildman–Crippen MR) is 390 cm³/mol. The van der Waals surface area contributed by atoms with E-state index in [1.807, 2.05) is 0 Å². The number of aliphatic hydroxyl groups excluding tert-OH is 1. The van der Waals surface area contributed by atoms with E-state index < -0.39 is 97.5 Å². The van der Waals surface area contributed by atoms with Crippen molar-refractivity contribution >= 4 is 39.5 Å². The number of carbonyl (C=O) groups excluding carboxylic acids is 4. The zero-order valence-electron chi connectivity index (χ0n) is 61.1. The Kier molecular flexibility index (Phi) is 67.8. The lowest BCUT2D eigenvalue weighted by molar-refractivity contribution is -0.161. The fourth-order valence-electron chi connectivity index (χ4n) is 10.6. The van der Waals surface area contributed by atoms with E-state index in [9.17, 15) is 43.2 Å². The lowest BCUT2D eigenvalue weighted by Crippen LogP contribution is -2.30. The van der Waals surface area contributed by atoms with Gasteiger partial charge in [-0.15, -0.1) is 0 Å². The summed E-state index contributed by atoms with van der Waals surface area (Å²) in [6, 6.07) is 0. The molecule has 5 atom stereocenters. The number of hydrogen-bond donors (Lipinski definition) is 3. The third kappa shape index (κ3) is 69.2. The highest BCUT2D eigenvalue weighted by atomic mass is 31.2. The van der Waals surface area contributed by atoms with E-state index in [1.165, 1.54) is 116 Å². The summed E-state index contributed by atoms with van der Waals surface area (Å²) in [5, 5.41) is 10.6. The minimum absolute atomic E-state index is 0.0975. The minimum atomic E-state index is -4.97. The van der Waals surface area contributed by atoms with Gasteiger partial charge < -0.3 is 33.8 Å². The van der Waals surface area contributed by atoms with Crippen LogP contribution in [0.4, 0.5) is 0 Å². The second kappa shape index (κ2) is 70.2. The van der Waals surface area contributed by atoms with E-state index in [2.05, 4.69) is 88.5 Å². The minimum Gasteiger partial charge on any atom is -0.462 e. The Hall–Kier alpha value is -3.24. The van der Waals surface area contributed by atoms with Gasteiger partial charge in [0.25, 0.3) is 0 Å². The van der Waals surface area contributed by atoms with Crippen LogP contribution in [0.25, 0.3) is 0 Å². The van der Waals surface area contributed by atoms with Crippen molar-refractivity contribution in [3.63, 3.8) is 0 Å². The van der Waals surface area contributed by atoms with Gasteiger partial charge in [0.15, 0.2) is 12.2 Å². The number of phosphoric acid groups is 2. The van der Waals surface area contributed by atoms with Gasteiger partial charge in [-0.3, -0.25) is 37.3 Å². The quantitative estimate of drug-likeness (QED) is 0.0169. The first-order valence-corrected chi connectivity index (χ1v) is 41.5. The molecule has 0 saturated carbocycles. The number of rotatable bonds is 73. The van der Waals surface area contributed by atoms with Crippen molar-refractivity contribution in [2.24, 2.45) is 0 Å². The van der Waals surface area contributed by atoms with E-state index in [0.29, 0.717) is 25.7 Å². The summed E-state index contributed by atoms with van der Waals surface area (Å²) >= 11 is 0. The molecule has 0 saturated heterocycles. The van der Waals surface area contributed by atoms with Gasteiger partial charge in [0.05, 0.1) is 26.4 Å². The van der Waals surface area contributed by atoms with Crippen LogP contribution in [0.15, 0.2) is 60.8 Å². The average molecular weight is 1400 g/mol. The van der Waals surface area contributed by atoms with Crippen LogP contribution in [0.5, 0.6) is 0 Å². The molecule has 0 aliphatic heterocycles. The normalized spacial score (nSPS) is 14.3. The Balaban J connectivity index is 5.26. The van der Waals surface area contributed by atoms with Crippen LogP contribution in [-0.2, 0) is 65.4 Å². The van der Waals surface area contributed by atoms with Gasteiger partial charge in [0, 0.05) is 25.7 Å². The molecular formula is C77H140O17P2. The van der Waals surface area contributed by atoms with Crippen LogP contribution < -0.4 is 0 Å². The second-order valence-corrected chi connectivity index (χ2v) is 28.9. The number of phosphoric ester groups is 2. The second-order valence-electron chi connectivity index (χ2n) is 26.0. The van der Waals surface area contributed by atoms with Crippen LogP contribution in [0, 0.1) is 0 Å². The number of esters is 4. The molecule has 3 N–H and O–H groups in total. The predicted octanol–water partition coefficient (Wildman–Crippen LogP) is 21.9. The average Bonchev–Trinajstić information content (AvgIpc) is 1.15. The number of allylic oxidation sites excluding steroid dienone is 10. The van der Waals surface area contributed by atoms with Gasteiger partial charge in [-0.2, -0.15) is 0 Å². The molecule has 96 heavy (non-hydrogen) atoms. The van der Waals surface area contributed by atoms with Crippen molar-refractivity contribution < 1.29 is 80.2 Å². The van der Waals surface area contributed by atoms with Crippen molar-refractivity contribution in [1.29, 1.82) is 0 Å². The van der Waals surface area contributed by atoms with Crippen molar-refractivity contribution in [2.45, 2.75) is 367 Å². The number of ether oxygens (including phenoxy) is 4. The van der Waals surface area contributed by atoms with Crippen LogP contribution >= 0.6 is 15.6 Å². The zero-order chi connectivity index (χ0) is 70.4. The molecule has 0 fully saturated rings. The first-order valence-electron chi connectivity index (χ1n) is 38.5. The molecule has 0 heterocycles. The SMILES string of the molecule is CCCCC/C=C\C/C=C\C/C=C\CCCCCCCCC(=O)OCC(COP(=O)(O)OCC(O)COP(=O)(O)OCC(COC(=O)CCCCCCC/C=C\C/C=C\CCCCC)OC(=O)CCCCCCCCCCCCC)OC(=O)CCCCCCCCCCCCC. The first kappa shape index (κ1) is 92.8. The standard InChI is InChI=1S/C77H140O17P2/c1-5-9-13-17-21-25-29-31-33-34-35-36-38-40-44-46-50-54-58-62-75(80)88-68-73(94-77(82)64-60-56-52-48-42-28-24-20-16-12-8-4)70-92-96(85,86)90-66-71(78)65-89-95(83,84)91-69-72(93-76(81)63-59-55-51-47-41-27-23-19-15-11-7-3)67-87-74(79)61-57-53-49-45-43-39-37-32-30-26-22-18-14-10-6-2/h21-22,25-26,31-33,35-37,71-73,78H,5-20,23-24,27-30,34,38-70H2,1-4H3,(H,83,84)(H,85,86)/b25-21-,26-22-,33-31-,36-35-,37-32-. The van der Waals surface area contributed by atoms with E-state index in [1.54, 1.807) is 0 Å². The summed E-state index contributed by atoms with van der Waals surface area (Å²) in [5.74, 6) is -2.17. The maximum absolute atomic E-state index is 13.1. The topological polar surface area (TPSA) is 237 Å². The summed E-state index contributed by atoms with van der Waals surface area (Å²) in [5.41, 5.74) is 0. The molecule has 0 aromatic heterocycles. The molecular weight excluding hydrogens is 1260 g/mol. The molecule has 0 bridgehead atoms. The van der Waals surface area contributed by atoms with Crippen molar-refractivity contribution in [2.75, 3.05) is 39.6 Å². The van der Waals surface area contributed by atoms with Crippen LogP contribution in [0.1, 0.15) is 349 Å². The molecule has 560 valence electrons. The summed E-state index contributed by atoms with van der Waals surface area (Å²) in [7, 11) is -9.93. The fraction of sp³-hybridized carbons (Fsp3) is 0.818. The number of carbonyl (C=O) groups is 4. The van der Waals surface area contributed by atoms with Gasteiger partial charge in [0.1, 0.15) is 19.3 Å². The lowest BCUT2D eigenvalue weighted by atomic mass is 10.1. The van der Waals surface area contributed by atoms with E-state index >= 15 is 0 Å². The third-order valence-electron chi connectivity index (χ3n) is 16.5. The highest BCUT2D eigenvalue weighted by molar-refractivity contribution is 7.47. The van der Waals surface area contributed by atoms with Gasteiger partial charge in [-0.25, -0.2) is 9.13 Å². The van der Waals surface area contributed by atoms with Gasteiger partial charge in [0.2, 0.25) is 0 Å². The highest BCUT2D eigenvalue weighted by Crippen LogP contribution is 2.45. The fourth-order valence-corrected chi connectivity index (χ4v) is 12.1. The monoisotopic (exact) mass is 1400 g/mol. The maximum atomic E-state index is 13.1. The number of unbranched alkanes of at least 4 members (excludes halogenated alkanes) is 37. The Labute approximate surface area is 584 Å². The van der Waals surface area contributed by atoms with Crippen molar-refractivity contribution in [1.82, 2.24) is 0 Å². The summed E-state index contributed by atoms with van der Waals surface area (Å²) < 4.78 is 68.4. The van der Waals surface area contributed by atoms with E-state index in [4.69, 9.17) is 37.0 Å². The Morgan fingerprint density at radius 1 is 0.292 bits per heavy atom. The van der Waals surface area contributed by atoms with E-state index in [-0.39, 0.29) is 25.7 Å². The molecule has 0 spiro atoms. The Morgan fingerprint density at radius 3 is 0.802 bits per heavy atom. The molecule has 0 aromatic rings. The molecule has 5 unspecified atom stereocenters. The molecule has 0 amide bonds. The molecule has 0 aromatic carbocycles. The van der Waals surface area contributed by atoms with Crippen LogP contribution in [0.3, 0.4) is 0 Å². The van der Waals surface area contributed by atoms with Crippen molar-refractivity contribution in [3.05, 3.63) is 60.8 Å². The molecule has 17 nitrogen and oxygen atoms in total. The number of aliphatic hydroxyl groups is 1. The smallest absolute Gasteiger partial charge is 0.462 e. The lowest BCUT2D eigenvalue weighted by Gasteiger charge is -2.21. The summed E-state index contributed by atoms with van der Waals surface area (Å²) in [4.78, 5) is 72.7. The van der Waals surface area contributed by atoms with Gasteiger partial charge >= 0.3 is 39.5 Å². The summed E-state index contributed by atoms with van der Waals surface area (Å²) in [6.45, 7) is 4.82. The molecule has 0 aliphatic carbocycles. The van der Waals surface area contributed by atoms with Crippen LogP contribution in [0.2, 0.25) is 0 Å². The number of hydrogen-bond acceptors (Lipinski definition) is 15. The summed E-state index contributed by atoms with van der Waals surface area (Å²) in [6.07, 6.45) is 67.8. The Morgan fingerprint density at radius 2 is 0.510 bits per heavy atom. The molecule has 19 heteroatoms. The van der Waals surface area contributed by atoms with Crippen molar-refractivity contribution in [3.8, 4) is 0 Å². The molecule has 0 aliphatic rings. The van der Waals surface area contributed by atoms with Gasteiger partial charge in [-0.05, 0) is 96.3 Å². The van der Waals surface area contributed by atoms with E-state index in [0.717, 1.165) is 154 Å². The third-order valence-corrected chi connectivity index (χ3v) is 18.4. The molecule has 0 radical (unpaired) electrons. The maximum Gasteiger partial charge on any atom is 0.472 e. The van der Waals surface area contributed by atoms with Crippen LogP contribution in [-0.4, -0.2) is 96.7 Å². The largest absolute Gasteiger partial charge is 0.472 e. The zero-order valence-corrected chi connectivity index (χ0v) is 62.8. The van der Waals surface area contributed by atoms with Gasteiger partial charge in [-0.1, -0.05) is 288 Å².